The normalized spacial score (nSPS) is 22.3. The first-order valence-corrected chi connectivity index (χ1v) is 4.90. The Hall–Kier alpha value is -1.10. The Morgan fingerprint density at radius 3 is 2.86 bits per heavy atom. The fourth-order valence-corrected chi connectivity index (χ4v) is 1.64. The van der Waals surface area contributed by atoms with Gasteiger partial charge in [0.15, 0.2) is 0 Å². The van der Waals surface area contributed by atoms with Crippen molar-refractivity contribution >= 4 is 11.8 Å². The zero-order valence-corrected chi connectivity index (χ0v) is 7.99. The third-order valence-electron chi connectivity index (χ3n) is 2.51. The van der Waals surface area contributed by atoms with E-state index in [1.165, 1.54) is 0 Å². The van der Waals surface area contributed by atoms with Crippen LogP contribution in [0.15, 0.2) is 0 Å². The summed E-state index contributed by atoms with van der Waals surface area (Å²) in [5.74, 6) is 0.0126. The zero-order chi connectivity index (χ0) is 9.97. The lowest BCUT2D eigenvalue weighted by atomic mass is 10.2. The molecular weight excluding hydrogens is 184 g/mol. The molecule has 2 rings (SSSR count). The SMILES string of the molecule is O=C(CN1CCCC1=O)NC1COC1. The van der Waals surface area contributed by atoms with E-state index in [9.17, 15) is 9.59 Å². The van der Waals surface area contributed by atoms with E-state index in [2.05, 4.69) is 5.32 Å². The number of carbonyl (C=O) groups excluding carboxylic acids is 2. The lowest BCUT2D eigenvalue weighted by Crippen LogP contribution is -2.51. The number of hydrogen-bond acceptors (Lipinski definition) is 3. The minimum absolute atomic E-state index is 0.0754. The minimum atomic E-state index is -0.0754. The lowest BCUT2D eigenvalue weighted by molar-refractivity contribution is -0.134. The molecule has 0 saturated carbocycles. The second-order valence-corrected chi connectivity index (χ2v) is 3.72. The van der Waals surface area contributed by atoms with Crippen molar-refractivity contribution in [2.75, 3.05) is 26.3 Å². The van der Waals surface area contributed by atoms with E-state index in [1.807, 2.05) is 0 Å². The van der Waals surface area contributed by atoms with Crippen molar-refractivity contribution in [1.82, 2.24) is 10.2 Å². The van der Waals surface area contributed by atoms with Gasteiger partial charge >= 0.3 is 0 Å². The zero-order valence-electron chi connectivity index (χ0n) is 7.99. The van der Waals surface area contributed by atoms with Crippen LogP contribution in [0.4, 0.5) is 0 Å². The standard InChI is InChI=1S/C9H14N2O3/c12-8(10-7-5-14-6-7)4-11-3-1-2-9(11)13/h7H,1-6H2,(H,10,12). The first-order chi connectivity index (χ1) is 6.75. The molecular formula is C9H14N2O3. The van der Waals surface area contributed by atoms with Gasteiger partial charge in [-0.2, -0.15) is 0 Å². The van der Waals surface area contributed by atoms with Crippen molar-refractivity contribution in [3.63, 3.8) is 0 Å². The maximum absolute atomic E-state index is 11.4. The molecule has 0 bridgehead atoms. The van der Waals surface area contributed by atoms with Gasteiger partial charge in [-0.15, -0.1) is 0 Å². The summed E-state index contributed by atoms with van der Waals surface area (Å²) >= 11 is 0. The van der Waals surface area contributed by atoms with Gasteiger partial charge in [0.2, 0.25) is 11.8 Å². The first-order valence-electron chi connectivity index (χ1n) is 4.90. The molecule has 0 aromatic carbocycles. The molecule has 0 spiro atoms. The van der Waals surface area contributed by atoms with Crippen LogP contribution in [0.3, 0.4) is 0 Å². The molecule has 0 aromatic heterocycles. The summed E-state index contributed by atoms with van der Waals surface area (Å²) in [6.45, 7) is 2.11. The smallest absolute Gasteiger partial charge is 0.240 e. The van der Waals surface area contributed by atoms with Gasteiger partial charge < -0.3 is 15.0 Å². The van der Waals surface area contributed by atoms with Gasteiger partial charge in [-0.05, 0) is 6.42 Å². The summed E-state index contributed by atoms with van der Waals surface area (Å²) in [6.07, 6.45) is 1.46. The number of rotatable bonds is 3. The van der Waals surface area contributed by atoms with Crippen molar-refractivity contribution in [2.45, 2.75) is 18.9 Å². The molecule has 0 aliphatic carbocycles. The van der Waals surface area contributed by atoms with Crippen LogP contribution in [0.25, 0.3) is 0 Å². The Bertz CT molecular complexity index is 250. The topological polar surface area (TPSA) is 58.6 Å². The molecule has 5 heteroatoms. The van der Waals surface area contributed by atoms with E-state index in [4.69, 9.17) is 4.74 Å². The van der Waals surface area contributed by atoms with Gasteiger partial charge in [0.1, 0.15) is 0 Å². The molecule has 0 radical (unpaired) electrons. The molecule has 2 aliphatic heterocycles. The Morgan fingerprint density at radius 2 is 2.36 bits per heavy atom. The van der Waals surface area contributed by atoms with Gasteiger partial charge in [-0.1, -0.05) is 0 Å². The predicted molar refractivity (Wildman–Crippen MR) is 48.6 cm³/mol. The summed E-state index contributed by atoms with van der Waals surface area (Å²) in [7, 11) is 0. The number of likely N-dealkylation sites (tertiary alicyclic amines) is 1. The van der Waals surface area contributed by atoms with Crippen LogP contribution >= 0.6 is 0 Å². The lowest BCUT2D eigenvalue weighted by Gasteiger charge is -2.27. The molecule has 2 heterocycles. The highest BCUT2D eigenvalue weighted by Gasteiger charge is 2.25. The van der Waals surface area contributed by atoms with Crippen LogP contribution in [-0.4, -0.2) is 49.1 Å². The highest BCUT2D eigenvalue weighted by atomic mass is 16.5. The van der Waals surface area contributed by atoms with Crippen LogP contribution in [-0.2, 0) is 14.3 Å². The van der Waals surface area contributed by atoms with Crippen LogP contribution in [0.1, 0.15) is 12.8 Å². The van der Waals surface area contributed by atoms with Crippen molar-refractivity contribution in [2.24, 2.45) is 0 Å². The fraction of sp³-hybridized carbons (Fsp3) is 0.778. The third kappa shape index (κ3) is 2.04. The number of hydrogen-bond donors (Lipinski definition) is 1. The van der Waals surface area contributed by atoms with E-state index >= 15 is 0 Å². The average Bonchev–Trinajstić information content (AvgIpc) is 2.45. The van der Waals surface area contributed by atoms with E-state index in [0.29, 0.717) is 26.2 Å². The van der Waals surface area contributed by atoms with E-state index in [0.717, 1.165) is 6.42 Å². The highest BCUT2D eigenvalue weighted by Crippen LogP contribution is 2.08. The third-order valence-corrected chi connectivity index (χ3v) is 2.51. The highest BCUT2D eigenvalue weighted by molar-refractivity contribution is 5.85. The molecule has 2 saturated heterocycles. The van der Waals surface area contributed by atoms with Crippen molar-refractivity contribution in [1.29, 1.82) is 0 Å². The number of ether oxygens (including phenoxy) is 1. The fourth-order valence-electron chi connectivity index (χ4n) is 1.64. The van der Waals surface area contributed by atoms with Crippen LogP contribution in [0.5, 0.6) is 0 Å². The maximum atomic E-state index is 11.4. The Labute approximate surface area is 82.4 Å². The minimum Gasteiger partial charge on any atom is -0.377 e. The second-order valence-electron chi connectivity index (χ2n) is 3.72. The molecule has 0 atom stereocenters. The van der Waals surface area contributed by atoms with Crippen LogP contribution in [0.2, 0.25) is 0 Å². The maximum Gasteiger partial charge on any atom is 0.240 e. The summed E-state index contributed by atoms with van der Waals surface area (Å²) < 4.78 is 4.93. The van der Waals surface area contributed by atoms with Crippen LogP contribution in [0, 0.1) is 0 Å². The summed E-state index contributed by atoms with van der Waals surface area (Å²) in [5.41, 5.74) is 0. The largest absolute Gasteiger partial charge is 0.377 e. The molecule has 0 unspecified atom stereocenters. The Morgan fingerprint density at radius 1 is 1.57 bits per heavy atom. The van der Waals surface area contributed by atoms with E-state index < -0.39 is 0 Å². The first kappa shape index (κ1) is 9.45. The van der Waals surface area contributed by atoms with Gasteiger partial charge in [0.25, 0.3) is 0 Å². The summed E-state index contributed by atoms with van der Waals surface area (Å²) in [6, 6.07) is 0.153. The van der Waals surface area contributed by atoms with Crippen LogP contribution < -0.4 is 5.32 Å². The van der Waals surface area contributed by atoms with E-state index in [-0.39, 0.29) is 24.4 Å². The molecule has 2 amide bonds. The second kappa shape index (κ2) is 3.96. The van der Waals surface area contributed by atoms with Crippen molar-refractivity contribution < 1.29 is 14.3 Å². The molecule has 14 heavy (non-hydrogen) atoms. The molecule has 1 N–H and O–H groups in total. The quantitative estimate of drug-likeness (QED) is 0.641. The van der Waals surface area contributed by atoms with Gasteiger partial charge in [-0.25, -0.2) is 0 Å². The molecule has 78 valence electrons. The molecule has 5 nitrogen and oxygen atoms in total. The van der Waals surface area contributed by atoms with Gasteiger partial charge in [0, 0.05) is 13.0 Å². The summed E-state index contributed by atoms with van der Waals surface area (Å²) in [5, 5.41) is 2.81. The summed E-state index contributed by atoms with van der Waals surface area (Å²) in [4.78, 5) is 24.2. The number of amides is 2. The monoisotopic (exact) mass is 198 g/mol. The molecule has 2 fully saturated rings. The van der Waals surface area contributed by atoms with E-state index in [1.54, 1.807) is 4.90 Å². The molecule has 2 aliphatic rings. The number of nitrogens with zero attached hydrogens (tertiary/aromatic N) is 1. The van der Waals surface area contributed by atoms with Crippen molar-refractivity contribution in [3.8, 4) is 0 Å². The average molecular weight is 198 g/mol. The van der Waals surface area contributed by atoms with Crippen molar-refractivity contribution in [3.05, 3.63) is 0 Å². The Balaban J connectivity index is 1.73. The predicted octanol–water partition coefficient (Wildman–Crippen LogP) is -0.876. The van der Waals surface area contributed by atoms with Gasteiger partial charge in [0.05, 0.1) is 25.8 Å². The Kier molecular flexibility index (Phi) is 2.67. The number of carbonyl (C=O) groups is 2. The number of nitrogens with one attached hydrogen (secondary N) is 1. The van der Waals surface area contributed by atoms with Gasteiger partial charge in [-0.3, -0.25) is 9.59 Å². The molecule has 0 aromatic rings.